The molecular formula is C10H14N3S. The van der Waals surface area contributed by atoms with Gasteiger partial charge in [0.15, 0.2) is 5.11 Å². The summed E-state index contributed by atoms with van der Waals surface area (Å²) in [6.45, 7) is 3.05. The molecule has 0 atom stereocenters. The first-order valence-electron chi connectivity index (χ1n) is 4.70. The first kappa shape index (κ1) is 10.9. The Morgan fingerprint density at radius 3 is 3.14 bits per heavy atom. The van der Waals surface area contributed by atoms with Crippen molar-refractivity contribution in [3.05, 3.63) is 24.5 Å². The standard InChI is InChI=1S/C10H14N3S/c1-2-3-7-12-10(14)13-9-5-4-6-11-8-9/h4-6H,2-3,7H2,1H3,(H2,12,13,14). The third kappa shape index (κ3) is 4.18. The molecule has 14 heavy (non-hydrogen) atoms. The second kappa shape index (κ2) is 6.32. The van der Waals surface area contributed by atoms with E-state index in [1.807, 2.05) is 12.1 Å². The highest BCUT2D eigenvalue weighted by Gasteiger charge is 1.95. The summed E-state index contributed by atoms with van der Waals surface area (Å²) < 4.78 is 0. The Hall–Kier alpha value is -1.16. The van der Waals surface area contributed by atoms with Crippen LogP contribution in [0, 0.1) is 6.20 Å². The zero-order valence-electron chi connectivity index (χ0n) is 8.21. The van der Waals surface area contributed by atoms with E-state index in [0.717, 1.165) is 25.1 Å². The Morgan fingerprint density at radius 2 is 2.50 bits per heavy atom. The Kier molecular flexibility index (Phi) is 4.93. The summed E-state index contributed by atoms with van der Waals surface area (Å²) in [6.07, 6.45) is 6.77. The molecule has 0 saturated heterocycles. The summed E-state index contributed by atoms with van der Waals surface area (Å²) in [4.78, 5) is 3.86. The van der Waals surface area contributed by atoms with E-state index in [0.29, 0.717) is 5.11 Å². The maximum atomic E-state index is 5.08. The van der Waals surface area contributed by atoms with Crippen LogP contribution < -0.4 is 10.6 Å². The van der Waals surface area contributed by atoms with E-state index in [-0.39, 0.29) is 0 Å². The summed E-state index contributed by atoms with van der Waals surface area (Å²) >= 11 is 5.08. The predicted octanol–water partition coefficient (Wildman–Crippen LogP) is 1.97. The number of thiocarbonyl (C=S) groups is 1. The lowest BCUT2D eigenvalue weighted by Gasteiger charge is -2.08. The average molecular weight is 208 g/mol. The number of nitrogens with zero attached hydrogens (tertiary/aromatic N) is 1. The number of nitrogens with one attached hydrogen (secondary N) is 2. The third-order valence-electron chi connectivity index (χ3n) is 1.67. The SMILES string of the molecule is CCCCNC(=S)Nc1[c]nccc1. The van der Waals surface area contributed by atoms with E-state index in [9.17, 15) is 0 Å². The fraction of sp³-hybridized carbons (Fsp3) is 0.400. The highest BCUT2D eigenvalue weighted by molar-refractivity contribution is 7.80. The highest BCUT2D eigenvalue weighted by atomic mass is 32.1. The molecule has 0 fully saturated rings. The molecule has 1 rings (SSSR count). The number of aromatic nitrogens is 1. The Morgan fingerprint density at radius 1 is 1.64 bits per heavy atom. The lowest BCUT2D eigenvalue weighted by atomic mass is 10.3. The van der Waals surface area contributed by atoms with Crippen molar-refractivity contribution in [2.75, 3.05) is 11.9 Å². The van der Waals surface area contributed by atoms with Crippen molar-refractivity contribution < 1.29 is 0 Å². The van der Waals surface area contributed by atoms with E-state index >= 15 is 0 Å². The van der Waals surface area contributed by atoms with Gasteiger partial charge in [-0.2, -0.15) is 0 Å². The van der Waals surface area contributed by atoms with E-state index < -0.39 is 0 Å². The van der Waals surface area contributed by atoms with Gasteiger partial charge in [0.2, 0.25) is 0 Å². The van der Waals surface area contributed by atoms with Crippen LogP contribution in [0.25, 0.3) is 0 Å². The van der Waals surface area contributed by atoms with Crippen LogP contribution >= 0.6 is 12.2 Å². The molecule has 1 aromatic rings. The summed E-state index contributed by atoms with van der Waals surface area (Å²) in [5.74, 6) is 0. The highest BCUT2D eigenvalue weighted by Crippen LogP contribution is 2.00. The van der Waals surface area contributed by atoms with Crippen molar-refractivity contribution >= 4 is 23.0 Å². The molecule has 1 heterocycles. The molecule has 0 aliphatic rings. The molecule has 1 radical (unpaired) electrons. The van der Waals surface area contributed by atoms with Crippen LogP contribution in [-0.4, -0.2) is 16.6 Å². The van der Waals surface area contributed by atoms with Crippen LogP contribution in [0.2, 0.25) is 0 Å². The molecule has 0 amide bonds. The van der Waals surface area contributed by atoms with Crippen LogP contribution in [0.15, 0.2) is 18.3 Å². The van der Waals surface area contributed by atoms with Crippen LogP contribution in [0.5, 0.6) is 0 Å². The number of unbranched alkanes of at least 4 members (excludes halogenated alkanes) is 1. The number of pyridine rings is 1. The summed E-state index contributed by atoms with van der Waals surface area (Å²) in [6, 6.07) is 3.72. The van der Waals surface area contributed by atoms with E-state index in [1.54, 1.807) is 6.20 Å². The Bertz CT molecular complexity index is 274. The first-order valence-corrected chi connectivity index (χ1v) is 5.11. The van der Waals surface area contributed by atoms with Gasteiger partial charge in [-0.25, -0.2) is 0 Å². The van der Waals surface area contributed by atoms with Crippen LogP contribution in [-0.2, 0) is 0 Å². The van der Waals surface area contributed by atoms with E-state index in [1.165, 1.54) is 0 Å². The minimum absolute atomic E-state index is 0.628. The van der Waals surface area contributed by atoms with Gasteiger partial charge < -0.3 is 10.6 Å². The zero-order valence-corrected chi connectivity index (χ0v) is 9.03. The number of anilines is 1. The molecule has 3 nitrogen and oxygen atoms in total. The van der Waals surface area contributed by atoms with Crippen LogP contribution in [0.3, 0.4) is 0 Å². The molecule has 0 unspecified atom stereocenters. The zero-order chi connectivity index (χ0) is 10.2. The number of hydrogen-bond acceptors (Lipinski definition) is 2. The lowest BCUT2D eigenvalue weighted by Crippen LogP contribution is -2.29. The smallest absolute Gasteiger partial charge is 0.170 e. The quantitative estimate of drug-likeness (QED) is 0.586. The lowest BCUT2D eigenvalue weighted by molar-refractivity contribution is 0.758. The van der Waals surface area contributed by atoms with Gasteiger partial charge in [0, 0.05) is 12.7 Å². The minimum atomic E-state index is 0.628. The second-order valence-electron chi connectivity index (χ2n) is 2.90. The van der Waals surface area contributed by atoms with Crippen LogP contribution in [0.4, 0.5) is 5.69 Å². The molecule has 0 aromatic carbocycles. The average Bonchev–Trinajstić information content (AvgIpc) is 2.20. The molecule has 75 valence electrons. The van der Waals surface area contributed by atoms with Crippen LogP contribution in [0.1, 0.15) is 19.8 Å². The van der Waals surface area contributed by atoms with Gasteiger partial charge in [0.05, 0.1) is 5.69 Å². The largest absolute Gasteiger partial charge is 0.362 e. The van der Waals surface area contributed by atoms with Gasteiger partial charge in [-0.1, -0.05) is 13.3 Å². The van der Waals surface area contributed by atoms with Crippen molar-refractivity contribution in [2.24, 2.45) is 0 Å². The van der Waals surface area contributed by atoms with Gasteiger partial charge >= 0.3 is 0 Å². The van der Waals surface area contributed by atoms with Gasteiger partial charge in [0.25, 0.3) is 0 Å². The summed E-state index contributed by atoms with van der Waals surface area (Å²) in [7, 11) is 0. The molecule has 0 bridgehead atoms. The normalized spacial score (nSPS) is 9.50. The topological polar surface area (TPSA) is 37.0 Å². The number of rotatable bonds is 4. The predicted molar refractivity (Wildman–Crippen MR) is 62.2 cm³/mol. The van der Waals surface area contributed by atoms with Crippen molar-refractivity contribution in [2.45, 2.75) is 19.8 Å². The van der Waals surface area contributed by atoms with Gasteiger partial charge in [0.1, 0.15) is 6.20 Å². The Balaban J connectivity index is 2.27. The number of hydrogen-bond donors (Lipinski definition) is 2. The van der Waals surface area contributed by atoms with Crippen molar-refractivity contribution in [3.8, 4) is 0 Å². The third-order valence-corrected chi connectivity index (χ3v) is 1.92. The fourth-order valence-electron chi connectivity index (χ4n) is 0.941. The molecule has 1 aromatic heterocycles. The fourth-order valence-corrected chi connectivity index (χ4v) is 1.15. The van der Waals surface area contributed by atoms with Gasteiger partial charge in [-0.05, 0) is 30.8 Å². The molecule has 0 spiro atoms. The van der Waals surface area contributed by atoms with Crippen molar-refractivity contribution in [1.29, 1.82) is 0 Å². The van der Waals surface area contributed by atoms with Gasteiger partial charge in [-0.3, -0.25) is 4.98 Å². The second-order valence-corrected chi connectivity index (χ2v) is 3.31. The maximum absolute atomic E-state index is 5.08. The Labute approximate surface area is 89.9 Å². The summed E-state index contributed by atoms with van der Waals surface area (Å²) in [5, 5.41) is 6.74. The molecule has 0 aliphatic carbocycles. The van der Waals surface area contributed by atoms with Gasteiger partial charge in [-0.15, -0.1) is 0 Å². The monoisotopic (exact) mass is 208 g/mol. The molecule has 4 heteroatoms. The maximum Gasteiger partial charge on any atom is 0.170 e. The molecule has 2 N–H and O–H groups in total. The first-order chi connectivity index (χ1) is 6.83. The molecule has 0 saturated carbocycles. The molecule has 0 aliphatic heterocycles. The summed E-state index contributed by atoms with van der Waals surface area (Å²) in [5.41, 5.74) is 0.793. The molecular weight excluding hydrogens is 194 g/mol. The van der Waals surface area contributed by atoms with Crippen molar-refractivity contribution in [3.63, 3.8) is 0 Å². The minimum Gasteiger partial charge on any atom is -0.362 e. The van der Waals surface area contributed by atoms with Crippen molar-refractivity contribution in [1.82, 2.24) is 10.3 Å². The van der Waals surface area contributed by atoms with E-state index in [2.05, 4.69) is 28.7 Å². The van der Waals surface area contributed by atoms with E-state index in [4.69, 9.17) is 12.2 Å².